The number of hydrogen-bond donors (Lipinski definition) is 1. The molecule has 1 heterocycles. The van der Waals surface area contributed by atoms with E-state index in [-0.39, 0.29) is 6.10 Å². The van der Waals surface area contributed by atoms with E-state index in [0.717, 1.165) is 24.0 Å². The van der Waals surface area contributed by atoms with Gasteiger partial charge in [-0.25, -0.2) is 0 Å². The number of aryl methyl sites for hydroxylation is 1. The van der Waals surface area contributed by atoms with Gasteiger partial charge in [0.15, 0.2) is 0 Å². The molecule has 0 radical (unpaired) electrons. The highest BCUT2D eigenvalue weighted by Gasteiger charge is 2.24. The van der Waals surface area contributed by atoms with Crippen molar-refractivity contribution < 1.29 is 5.11 Å². The molecule has 0 bridgehead atoms. The first-order valence-corrected chi connectivity index (χ1v) is 5.37. The van der Waals surface area contributed by atoms with Crippen LogP contribution in [0.15, 0.2) is 18.5 Å². The quantitative estimate of drug-likeness (QED) is 0.779. The second kappa shape index (κ2) is 4.09. The number of hydrogen-bond acceptors (Lipinski definition) is 2. The van der Waals surface area contributed by atoms with Crippen molar-refractivity contribution in [3.8, 4) is 0 Å². The summed E-state index contributed by atoms with van der Waals surface area (Å²) >= 11 is 0. The third-order valence-corrected chi connectivity index (χ3v) is 3.08. The molecule has 14 heavy (non-hydrogen) atoms. The van der Waals surface area contributed by atoms with E-state index in [1.54, 1.807) is 6.20 Å². The van der Waals surface area contributed by atoms with Crippen LogP contribution in [-0.4, -0.2) is 10.1 Å². The molecule has 76 valence electrons. The summed E-state index contributed by atoms with van der Waals surface area (Å²) in [5.41, 5.74) is 2.11. The lowest BCUT2D eigenvalue weighted by molar-refractivity contribution is 0.111. The lowest BCUT2D eigenvalue weighted by Crippen LogP contribution is -2.09. The highest BCUT2D eigenvalue weighted by molar-refractivity contribution is 5.19. The predicted octanol–water partition coefficient (Wildman–Crippen LogP) is 2.61. The average molecular weight is 191 g/mol. The zero-order valence-corrected chi connectivity index (χ0v) is 8.61. The minimum atomic E-state index is -0.301. The summed E-state index contributed by atoms with van der Waals surface area (Å²) in [7, 11) is 0. The van der Waals surface area contributed by atoms with Crippen LogP contribution < -0.4 is 0 Å². The maximum atomic E-state index is 10.1. The number of aliphatic hydroxyl groups excluding tert-OH is 1. The Kier molecular flexibility index (Phi) is 2.82. The molecule has 1 atom stereocenters. The predicted molar refractivity (Wildman–Crippen MR) is 55.9 cm³/mol. The summed E-state index contributed by atoms with van der Waals surface area (Å²) in [6.07, 6.45) is 8.16. The molecule has 0 amide bonds. The van der Waals surface area contributed by atoms with E-state index in [9.17, 15) is 5.11 Å². The van der Waals surface area contributed by atoms with E-state index in [4.69, 9.17) is 0 Å². The van der Waals surface area contributed by atoms with Crippen LogP contribution >= 0.6 is 0 Å². The molecule has 2 heteroatoms. The summed E-state index contributed by atoms with van der Waals surface area (Å²) < 4.78 is 0. The van der Waals surface area contributed by atoms with Crippen molar-refractivity contribution >= 4 is 0 Å². The van der Waals surface area contributed by atoms with Gasteiger partial charge in [-0.3, -0.25) is 4.98 Å². The molecule has 0 aliphatic heterocycles. The van der Waals surface area contributed by atoms with Gasteiger partial charge in [0.05, 0.1) is 6.10 Å². The molecule has 1 aromatic heterocycles. The van der Waals surface area contributed by atoms with Gasteiger partial charge in [-0.05, 0) is 36.8 Å². The Morgan fingerprint density at radius 1 is 1.36 bits per heavy atom. The van der Waals surface area contributed by atoms with Crippen LogP contribution in [0.25, 0.3) is 0 Å². The van der Waals surface area contributed by atoms with E-state index in [2.05, 4.69) is 4.98 Å². The Bertz CT molecular complexity index is 305. The minimum Gasteiger partial charge on any atom is -0.388 e. The summed E-state index contributed by atoms with van der Waals surface area (Å²) in [5, 5.41) is 10.1. The molecule has 0 saturated heterocycles. The van der Waals surface area contributed by atoms with Gasteiger partial charge in [0, 0.05) is 12.4 Å². The van der Waals surface area contributed by atoms with Crippen LogP contribution in [-0.2, 0) is 0 Å². The summed E-state index contributed by atoms with van der Waals surface area (Å²) in [5.74, 6) is 0.457. The van der Waals surface area contributed by atoms with Crippen LogP contribution in [0.4, 0.5) is 0 Å². The topological polar surface area (TPSA) is 33.1 Å². The van der Waals surface area contributed by atoms with Crippen molar-refractivity contribution in [1.82, 2.24) is 4.98 Å². The minimum absolute atomic E-state index is 0.301. The maximum absolute atomic E-state index is 10.1. The van der Waals surface area contributed by atoms with E-state index < -0.39 is 0 Å². The van der Waals surface area contributed by atoms with Crippen molar-refractivity contribution in [1.29, 1.82) is 0 Å². The highest BCUT2D eigenvalue weighted by atomic mass is 16.3. The van der Waals surface area contributed by atoms with Crippen LogP contribution in [0, 0.1) is 12.8 Å². The average Bonchev–Trinajstić information content (AvgIpc) is 2.69. The van der Waals surface area contributed by atoms with E-state index >= 15 is 0 Å². The number of pyridine rings is 1. The van der Waals surface area contributed by atoms with Crippen molar-refractivity contribution in [2.24, 2.45) is 5.92 Å². The number of nitrogens with zero attached hydrogens (tertiary/aromatic N) is 1. The molecule has 1 unspecified atom stereocenters. The third-order valence-electron chi connectivity index (χ3n) is 3.08. The molecule has 1 N–H and O–H groups in total. The molecule has 1 saturated carbocycles. The smallest absolute Gasteiger partial charge is 0.0833 e. The second-order valence-corrected chi connectivity index (χ2v) is 4.28. The molecule has 2 rings (SSSR count). The van der Waals surface area contributed by atoms with Crippen LogP contribution in [0.1, 0.15) is 42.9 Å². The lowest BCUT2D eigenvalue weighted by Gasteiger charge is -2.17. The Morgan fingerprint density at radius 2 is 2.07 bits per heavy atom. The van der Waals surface area contributed by atoms with Gasteiger partial charge < -0.3 is 5.11 Å². The van der Waals surface area contributed by atoms with Crippen molar-refractivity contribution in [2.75, 3.05) is 0 Å². The van der Waals surface area contributed by atoms with Gasteiger partial charge in [0.25, 0.3) is 0 Å². The second-order valence-electron chi connectivity index (χ2n) is 4.28. The largest absolute Gasteiger partial charge is 0.388 e. The van der Waals surface area contributed by atoms with E-state index in [1.165, 1.54) is 12.8 Å². The monoisotopic (exact) mass is 191 g/mol. The Hall–Kier alpha value is -0.890. The molecular weight excluding hydrogens is 174 g/mol. The molecule has 1 aliphatic rings. The van der Waals surface area contributed by atoms with Crippen LogP contribution in [0.2, 0.25) is 0 Å². The fourth-order valence-electron chi connectivity index (χ4n) is 2.29. The number of aromatic nitrogens is 1. The Morgan fingerprint density at radius 3 is 2.71 bits per heavy atom. The maximum Gasteiger partial charge on any atom is 0.0833 e. The zero-order chi connectivity index (χ0) is 9.97. The molecular formula is C12H17NO. The lowest BCUT2D eigenvalue weighted by atomic mass is 9.95. The molecule has 1 fully saturated rings. The fourth-order valence-corrected chi connectivity index (χ4v) is 2.29. The van der Waals surface area contributed by atoms with Gasteiger partial charge in [-0.2, -0.15) is 0 Å². The van der Waals surface area contributed by atoms with Crippen molar-refractivity contribution in [3.63, 3.8) is 0 Å². The number of rotatable bonds is 2. The van der Waals surface area contributed by atoms with E-state index in [1.807, 2.05) is 19.2 Å². The third kappa shape index (κ3) is 1.95. The SMILES string of the molecule is Cc1cncc(C(O)C2CCCC2)c1. The van der Waals surface area contributed by atoms with E-state index in [0.29, 0.717) is 5.92 Å². The van der Waals surface area contributed by atoms with Gasteiger partial charge in [0.1, 0.15) is 0 Å². The zero-order valence-electron chi connectivity index (χ0n) is 8.61. The summed E-state index contributed by atoms with van der Waals surface area (Å²) in [4.78, 5) is 4.12. The van der Waals surface area contributed by atoms with Crippen LogP contribution in [0.5, 0.6) is 0 Å². The first-order valence-electron chi connectivity index (χ1n) is 5.37. The van der Waals surface area contributed by atoms with Gasteiger partial charge in [-0.15, -0.1) is 0 Å². The van der Waals surface area contributed by atoms with Crippen molar-refractivity contribution in [3.05, 3.63) is 29.6 Å². The fraction of sp³-hybridized carbons (Fsp3) is 0.583. The standard InChI is InChI=1S/C12H17NO/c1-9-6-11(8-13-7-9)12(14)10-4-2-3-5-10/h6-8,10,12,14H,2-5H2,1H3. The molecule has 1 aromatic rings. The summed E-state index contributed by atoms with van der Waals surface area (Å²) in [6.45, 7) is 2.01. The van der Waals surface area contributed by atoms with Gasteiger partial charge in [0.2, 0.25) is 0 Å². The van der Waals surface area contributed by atoms with Crippen molar-refractivity contribution in [2.45, 2.75) is 38.7 Å². The molecule has 1 aliphatic carbocycles. The normalized spacial score (nSPS) is 19.9. The van der Waals surface area contributed by atoms with Gasteiger partial charge in [-0.1, -0.05) is 18.9 Å². The Balaban J connectivity index is 2.13. The number of aliphatic hydroxyl groups is 1. The molecule has 2 nitrogen and oxygen atoms in total. The first kappa shape index (κ1) is 9.66. The first-order chi connectivity index (χ1) is 6.77. The Labute approximate surface area is 85.0 Å². The highest BCUT2D eigenvalue weighted by Crippen LogP contribution is 2.35. The molecule has 0 spiro atoms. The van der Waals surface area contributed by atoms with Gasteiger partial charge >= 0.3 is 0 Å². The summed E-state index contributed by atoms with van der Waals surface area (Å²) in [6, 6.07) is 2.04. The van der Waals surface area contributed by atoms with Crippen LogP contribution in [0.3, 0.4) is 0 Å². The molecule has 0 aromatic carbocycles.